The van der Waals surface area contributed by atoms with Crippen molar-refractivity contribution >= 4 is 40.0 Å². The van der Waals surface area contributed by atoms with Gasteiger partial charge in [-0.25, -0.2) is 0 Å². The van der Waals surface area contributed by atoms with E-state index in [1.807, 2.05) is 17.2 Å². The molecule has 9 heteroatoms. The number of H-pyrrole nitrogens is 1. The van der Waals surface area contributed by atoms with Gasteiger partial charge in [-0.05, 0) is 74.2 Å². The third kappa shape index (κ3) is 3.65. The van der Waals surface area contributed by atoms with E-state index < -0.39 is 6.61 Å². The van der Waals surface area contributed by atoms with Gasteiger partial charge in [0.15, 0.2) is 0 Å². The third-order valence-corrected chi connectivity index (χ3v) is 8.93. The molecule has 2 aliphatic heterocycles. The highest BCUT2D eigenvalue weighted by Gasteiger charge is 2.43. The number of benzene rings is 1. The van der Waals surface area contributed by atoms with E-state index in [0.717, 1.165) is 73.6 Å². The molecule has 3 aliphatic rings. The molecule has 0 saturated carbocycles. The van der Waals surface area contributed by atoms with Crippen molar-refractivity contribution in [3.63, 3.8) is 0 Å². The average molecular weight is 502 g/mol. The monoisotopic (exact) mass is 501 g/mol. The van der Waals surface area contributed by atoms with E-state index in [-0.39, 0.29) is 11.3 Å². The molecule has 180 valence electrons. The Morgan fingerprint density at radius 2 is 2.09 bits per heavy atom. The van der Waals surface area contributed by atoms with Crippen LogP contribution in [-0.2, 0) is 17.6 Å². The zero-order valence-corrected chi connectivity index (χ0v) is 20.6. The summed E-state index contributed by atoms with van der Waals surface area (Å²) in [5.74, 6) is -0.178. The van der Waals surface area contributed by atoms with Crippen LogP contribution in [0.2, 0.25) is 10.0 Å². The number of fused-ring (bicyclic) bond motifs is 3. The van der Waals surface area contributed by atoms with Gasteiger partial charge in [0.05, 0.1) is 27.8 Å². The number of rotatable bonds is 3. The number of nitrogens with zero attached hydrogens (tertiary/aromatic N) is 3. The Kier molecular flexibility index (Phi) is 5.64. The molecule has 3 N–H and O–H groups in total. The second kappa shape index (κ2) is 8.55. The molecule has 3 aromatic rings. The smallest absolute Gasteiger partial charge is 0.248 e. The van der Waals surface area contributed by atoms with Crippen molar-refractivity contribution in [1.82, 2.24) is 25.0 Å². The van der Waals surface area contributed by atoms with Crippen LogP contribution < -0.4 is 5.32 Å². The Balaban J connectivity index is 1.42. The van der Waals surface area contributed by atoms with E-state index in [2.05, 4.69) is 21.2 Å². The Labute approximate surface area is 208 Å². The Morgan fingerprint density at radius 3 is 2.88 bits per heavy atom. The van der Waals surface area contributed by atoms with E-state index in [1.54, 1.807) is 0 Å². The lowest BCUT2D eigenvalue weighted by Gasteiger charge is -2.33. The number of amides is 1. The molecule has 2 aromatic heterocycles. The fraction of sp³-hybridized carbons (Fsp3) is 0.520. The van der Waals surface area contributed by atoms with Crippen molar-refractivity contribution in [2.24, 2.45) is 5.41 Å². The number of aryl methyl sites for hydroxylation is 1. The lowest BCUT2D eigenvalue weighted by Crippen LogP contribution is -2.36. The van der Waals surface area contributed by atoms with Gasteiger partial charge in [-0.1, -0.05) is 23.2 Å². The molecule has 34 heavy (non-hydrogen) atoms. The highest BCUT2D eigenvalue weighted by molar-refractivity contribution is 6.45. The number of aliphatic hydroxyl groups excluding tert-OH is 1. The van der Waals surface area contributed by atoms with Crippen LogP contribution in [-0.4, -0.2) is 63.5 Å². The first kappa shape index (κ1) is 22.4. The third-order valence-electron chi connectivity index (χ3n) is 8.14. The van der Waals surface area contributed by atoms with E-state index in [9.17, 15) is 9.90 Å². The summed E-state index contributed by atoms with van der Waals surface area (Å²) >= 11 is 13.3. The maximum atomic E-state index is 12.1. The normalized spacial score (nSPS) is 23.2. The summed E-state index contributed by atoms with van der Waals surface area (Å²) in [4.78, 5) is 17.5. The van der Waals surface area contributed by atoms with Crippen molar-refractivity contribution < 1.29 is 9.90 Å². The summed E-state index contributed by atoms with van der Waals surface area (Å²) < 4.78 is 2.10. The Hall–Kier alpha value is -2.06. The molecule has 7 nitrogen and oxygen atoms in total. The number of hydrogen-bond acceptors (Lipinski definition) is 4. The molecule has 2 saturated heterocycles. The molecule has 1 unspecified atom stereocenters. The first-order valence-corrected chi connectivity index (χ1v) is 12.9. The van der Waals surface area contributed by atoms with Crippen molar-refractivity contribution in [2.75, 3.05) is 32.8 Å². The number of piperidine rings is 1. The molecular weight excluding hydrogens is 473 g/mol. The number of hydrogen-bond donors (Lipinski definition) is 3. The van der Waals surface area contributed by atoms with Gasteiger partial charge in [-0.15, -0.1) is 0 Å². The van der Waals surface area contributed by atoms with E-state index in [4.69, 9.17) is 28.3 Å². The number of aromatic nitrogens is 3. The Bertz CT molecular complexity index is 1260. The van der Waals surface area contributed by atoms with Crippen LogP contribution in [0.25, 0.3) is 22.0 Å². The van der Waals surface area contributed by atoms with Gasteiger partial charge in [-0.2, -0.15) is 5.10 Å². The maximum Gasteiger partial charge on any atom is 0.248 e. The topological polar surface area (TPSA) is 86.2 Å². The quantitative estimate of drug-likeness (QED) is 0.506. The molecule has 6 rings (SSSR count). The van der Waals surface area contributed by atoms with Gasteiger partial charge in [0.25, 0.3) is 0 Å². The molecule has 1 aliphatic carbocycles. The second-order valence-corrected chi connectivity index (χ2v) is 10.9. The van der Waals surface area contributed by atoms with Crippen molar-refractivity contribution in [3.05, 3.63) is 39.8 Å². The number of aliphatic hydroxyl groups is 1. The molecule has 1 amide bonds. The predicted molar refractivity (Wildman–Crippen MR) is 133 cm³/mol. The SMILES string of the molecule is O=C(CO)N1CCC2(CCc3[nH]c4c(Cl)c(Cl)cc(-c5cnn(C6CCNCC6)c5)c4c3C2)C1. The lowest BCUT2D eigenvalue weighted by atomic mass is 9.72. The molecular formula is C25H29Cl2N5O2. The number of halogens is 2. The number of likely N-dealkylation sites (tertiary alicyclic amines) is 1. The number of nitrogens with one attached hydrogen (secondary N) is 2. The van der Waals surface area contributed by atoms with Gasteiger partial charge >= 0.3 is 0 Å². The minimum Gasteiger partial charge on any atom is -0.387 e. The summed E-state index contributed by atoms with van der Waals surface area (Å²) in [7, 11) is 0. The first-order valence-electron chi connectivity index (χ1n) is 12.1. The summed E-state index contributed by atoms with van der Waals surface area (Å²) in [6.45, 7) is 3.01. The maximum absolute atomic E-state index is 12.1. The highest BCUT2D eigenvalue weighted by Crippen LogP contribution is 2.48. The minimum atomic E-state index is -0.423. The van der Waals surface area contributed by atoms with Crippen LogP contribution in [0, 0.1) is 5.41 Å². The summed E-state index contributed by atoms with van der Waals surface area (Å²) in [5, 5.41) is 19.7. The zero-order valence-electron chi connectivity index (χ0n) is 19.0. The fourth-order valence-electron chi connectivity index (χ4n) is 6.27. The van der Waals surface area contributed by atoms with Crippen LogP contribution in [0.1, 0.15) is 43.0 Å². The van der Waals surface area contributed by atoms with Gasteiger partial charge in [0.2, 0.25) is 5.91 Å². The largest absolute Gasteiger partial charge is 0.387 e. The van der Waals surface area contributed by atoms with Gasteiger partial charge in [0.1, 0.15) is 6.61 Å². The van der Waals surface area contributed by atoms with E-state index >= 15 is 0 Å². The van der Waals surface area contributed by atoms with E-state index in [1.165, 1.54) is 11.3 Å². The zero-order chi connectivity index (χ0) is 23.4. The van der Waals surface area contributed by atoms with Crippen LogP contribution in [0.5, 0.6) is 0 Å². The molecule has 4 heterocycles. The molecule has 1 atom stereocenters. The molecule has 0 bridgehead atoms. The van der Waals surface area contributed by atoms with E-state index in [0.29, 0.717) is 29.2 Å². The van der Waals surface area contributed by atoms with Crippen LogP contribution in [0.15, 0.2) is 18.5 Å². The molecule has 0 radical (unpaired) electrons. The first-order chi connectivity index (χ1) is 16.5. The molecule has 1 spiro atoms. The van der Waals surface area contributed by atoms with Gasteiger partial charge in [0, 0.05) is 35.9 Å². The molecule has 2 fully saturated rings. The average Bonchev–Trinajstić information content (AvgIpc) is 3.59. The standard InChI is InChI=1S/C25H29Cl2N5O2/c26-19-9-17(15-11-29-32(12-15)16-2-6-28-7-3-16)22-18-10-25(5-8-31(14-25)21(34)13-33)4-1-20(18)30-24(22)23(19)27/h9,11-12,16,28,30,33H,1-8,10,13-14H2. The van der Waals surface area contributed by atoms with Crippen LogP contribution in [0.3, 0.4) is 0 Å². The number of carbonyl (C=O) groups is 1. The fourth-order valence-corrected chi connectivity index (χ4v) is 6.67. The number of carbonyl (C=O) groups excluding carboxylic acids is 1. The highest BCUT2D eigenvalue weighted by atomic mass is 35.5. The molecule has 1 aromatic carbocycles. The van der Waals surface area contributed by atoms with Crippen molar-refractivity contribution in [3.8, 4) is 11.1 Å². The van der Waals surface area contributed by atoms with Crippen molar-refractivity contribution in [1.29, 1.82) is 0 Å². The van der Waals surface area contributed by atoms with Crippen LogP contribution >= 0.6 is 23.2 Å². The Morgan fingerprint density at radius 1 is 1.26 bits per heavy atom. The van der Waals surface area contributed by atoms with Gasteiger partial charge < -0.3 is 20.3 Å². The number of aromatic amines is 1. The summed E-state index contributed by atoms with van der Waals surface area (Å²) in [6.07, 6.45) is 9.98. The predicted octanol–water partition coefficient (Wildman–Crippen LogP) is 3.96. The second-order valence-electron chi connectivity index (χ2n) is 10.1. The lowest BCUT2D eigenvalue weighted by molar-refractivity contribution is -0.133. The van der Waals surface area contributed by atoms with Crippen LogP contribution in [0.4, 0.5) is 0 Å². The van der Waals surface area contributed by atoms with Gasteiger partial charge in [-0.3, -0.25) is 9.48 Å². The minimum absolute atomic E-state index is 0.0373. The van der Waals surface area contributed by atoms with Crippen molar-refractivity contribution in [2.45, 2.75) is 44.6 Å². The summed E-state index contributed by atoms with van der Waals surface area (Å²) in [5.41, 5.74) is 5.52. The summed E-state index contributed by atoms with van der Waals surface area (Å²) in [6, 6.07) is 2.38.